The van der Waals surface area contributed by atoms with Crippen molar-refractivity contribution in [2.45, 2.75) is 51.5 Å². The van der Waals surface area contributed by atoms with E-state index in [-0.39, 0.29) is 12.3 Å². The Bertz CT molecular complexity index is 1210. The van der Waals surface area contributed by atoms with Crippen LogP contribution < -0.4 is 0 Å². The van der Waals surface area contributed by atoms with Crippen molar-refractivity contribution in [3.8, 4) is 0 Å². The first-order valence-corrected chi connectivity index (χ1v) is 12.9. The molecule has 0 saturated carbocycles. The van der Waals surface area contributed by atoms with E-state index in [0.717, 1.165) is 12.0 Å². The fourth-order valence-electron chi connectivity index (χ4n) is 4.34. The number of carbonyl (C=O) groups is 4. The average Bonchev–Trinajstić information content (AvgIpc) is 3.26. The molecule has 2 heterocycles. The highest BCUT2D eigenvalue weighted by Crippen LogP contribution is 2.51. The van der Waals surface area contributed by atoms with Crippen LogP contribution in [0.25, 0.3) is 0 Å². The van der Waals surface area contributed by atoms with Crippen LogP contribution in [0.5, 0.6) is 0 Å². The SMILES string of the molecule is COC(=O)[C@]1(O)c2cc(Br)c(Br)n2[C@H](CN(C(=O)OCc2ccccc2)C(=O)OC(C)(C)C)[C@H]1C(C)=O. The summed E-state index contributed by atoms with van der Waals surface area (Å²) >= 11 is 6.76. The number of amides is 2. The van der Waals surface area contributed by atoms with E-state index >= 15 is 0 Å². The van der Waals surface area contributed by atoms with Gasteiger partial charge in [0.05, 0.1) is 40.4 Å². The maximum absolute atomic E-state index is 13.2. The molecule has 10 nitrogen and oxygen atoms in total. The number of carbonyl (C=O) groups excluding carboxylic acids is 4. The van der Waals surface area contributed by atoms with Gasteiger partial charge in [0.1, 0.15) is 18.0 Å². The Morgan fingerprint density at radius 2 is 1.73 bits per heavy atom. The number of aliphatic hydroxyl groups is 1. The van der Waals surface area contributed by atoms with Crippen molar-refractivity contribution in [3.05, 3.63) is 56.7 Å². The molecule has 1 aromatic heterocycles. The number of imide groups is 1. The third-order valence-electron chi connectivity index (χ3n) is 5.83. The summed E-state index contributed by atoms with van der Waals surface area (Å²) in [5.41, 5.74) is -2.56. The lowest BCUT2D eigenvalue weighted by Crippen LogP contribution is -2.49. The fraction of sp³-hybridized carbons (Fsp3) is 0.440. The Morgan fingerprint density at radius 1 is 1.11 bits per heavy atom. The number of ketones is 1. The molecule has 1 aromatic carbocycles. The summed E-state index contributed by atoms with van der Waals surface area (Å²) in [5.74, 6) is -2.98. The van der Waals surface area contributed by atoms with Crippen LogP contribution >= 0.6 is 31.9 Å². The van der Waals surface area contributed by atoms with E-state index in [4.69, 9.17) is 14.2 Å². The third kappa shape index (κ3) is 5.75. The van der Waals surface area contributed by atoms with Gasteiger partial charge in [-0.15, -0.1) is 0 Å². The largest absolute Gasteiger partial charge is 0.467 e. The molecule has 0 bridgehead atoms. The molecule has 0 radical (unpaired) electrons. The van der Waals surface area contributed by atoms with Gasteiger partial charge in [0.25, 0.3) is 0 Å². The predicted octanol–water partition coefficient (Wildman–Crippen LogP) is 4.71. The molecular weight excluding hydrogens is 616 g/mol. The first-order chi connectivity index (χ1) is 17.2. The van der Waals surface area contributed by atoms with Crippen LogP contribution in [0.15, 0.2) is 45.5 Å². The predicted molar refractivity (Wildman–Crippen MR) is 139 cm³/mol. The molecule has 0 fully saturated rings. The molecule has 200 valence electrons. The fourth-order valence-corrected chi connectivity index (χ4v) is 5.32. The van der Waals surface area contributed by atoms with Gasteiger partial charge in [0, 0.05) is 0 Å². The van der Waals surface area contributed by atoms with Gasteiger partial charge >= 0.3 is 18.2 Å². The van der Waals surface area contributed by atoms with Crippen molar-refractivity contribution < 1.29 is 38.5 Å². The van der Waals surface area contributed by atoms with Crippen molar-refractivity contribution in [1.82, 2.24) is 9.47 Å². The molecule has 2 aromatic rings. The van der Waals surface area contributed by atoms with Gasteiger partial charge in [-0.3, -0.25) is 4.79 Å². The normalized spacial score (nSPS) is 20.6. The summed E-state index contributed by atoms with van der Waals surface area (Å²) in [6.07, 6.45) is -2.02. The molecule has 37 heavy (non-hydrogen) atoms. The summed E-state index contributed by atoms with van der Waals surface area (Å²) < 4.78 is 18.0. The van der Waals surface area contributed by atoms with Crippen LogP contribution in [0.4, 0.5) is 9.59 Å². The number of methoxy groups -OCH3 is 1. The van der Waals surface area contributed by atoms with Gasteiger partial charge in [-0.25, -0.2) is 19.3 Å². The Kier molecular flexibility index (Phi) is 8.55. The Morgan fingerprint density at radius 3 is 2.27 bits per heavy atom. The van der Waals surface area contributed by atoms with Crippen molar-refractivity contribution >= 4 is 55.8 Å². The number of hydrogen-bond donors (Lipinski definition) is 1. The molecule has 0 saturated heterocycles. The number of ether oxygens (including phenoxy) is 3. The number of rotatable bonds is 6. The highest BCUT2D eigenvalue weighted by Gasteiger charge is 2.61. The van der Waals surface area contributed by atoms with E-state index in [9.17, 15) is 24.3 Å². The second-order valence-electron chi connectivity index (χ2n) is 9.58. The van der Waals surface area contributed by atoms with E-state index in [2.05, 4.69) is 31.9 Å². The number of benzene rings is 1. The molecule has 1 aliphatic rings. The van der Waals surface area contributed by atoms with Crippen LogP contribution in [0.3, 0.4) is 0 Å². The van der Waals surface area contributed by atoms with Crippen LogP contribution in [0, 0.1) is 5.92 Å². The third-order valence-corrected chi connectivity index (χ3v) is 7.78. The number of esters is 1. The Balaban J connectivity index is 2.04. The second-order valence-corrected chi connectivity index (χ2v) is 11.2. The monoisotopic (exact) mass is 642 g/mol. The standard InChI is InChI=1S/C25H28Br2N2O8/c1-14(30)19-17(29-18(11-16(26)20(29)27)25(19,34)21(31)35-5)12-28(23(33)37-24(2,3)4)22(32)36-13-15-9-7-6-8-10-15/h6-11,17,19,34H,12-13H2,1-5H3/t17-,19-,25+/m1/s1. The minimum atomic E-state index is -2.37. The number of aromatic nitrogens is 1. The number of nitrogens with zero attached hydrogens (tertiary/aromatic N) is 2. The number of halogens is 2. The van der Waals surface area contributed by atoms with Crippen molar-refractivity contribution in [1.29, 1.82) is 0 Å². The lowest BCUT2D eigenvalue weighted by molar-refractivity contribution is -0.172. The molecule has 3 rings (SSSR count). The molecule has 0 spiro atoms. The molecule has 12 heteroatoms. The van der Waals surface area contributed by atoms with Crippen LogP contribution in [0.1, 0.15) is 45.0 Å². The first kappa shape index (κ1) is 28.9. The minimum Gasteiger partial charge on any atom is -0.467 e. The maximum Gasteiger partial charge on any atom is 0.419 e. The molecule has 1 aliphatic heterocycles. The average molecular weight is 644 g/mol. The lowest BCUT2D eigenvalue weighted by Gasteiger charge is -2.32. The zero-order chi connectivity index (χ0) is 27.7. The molecule has 3 atom stereocenters. The zero-order valence-corrected chi connectivity index (χ0v) is 24.2. The van der Waals surface area contributed by atoms with E-state index in [1.165, 1.54) is 17.6 Å². The van der Waals surface area contributed by atoms with Crippen LogP contribution in [-0.4, -0.2) is 57.8 Å². The summed E-state index contributed by atoms with van der Waals surface area (Å²) in [4.78, 5) is 52.8. The van der Waals surface area contributed by atoms with Crippen molar-refractivity contribution in [2.24, 2.45) is 5.92 Å². The lowest BCUT2D eigenvalue weighted by atomic mass is 9.80. The van der Waals surface area contributed by atoms with Crippen LogP contribution in [0.2, 0.25) is 0 Å². The summed E-state index contributed by atoms with van der Waals surface area (Å²) in [6, 6.07) is 9.29. The second kappa shape index (κ2) is 11.0. The van der Waals surface area contributed by atoms with Gasteiger partial charge in [-0.1, -0.05) is 30.3 Å². The van der Waals surface area contributed by atoms with E-state index in [1.54, 1.807) is 45.0 Å². The van der Waals surface area contributed by atoms with Gasteiger partial charge < -0.3 is 23.9 Å². The Hall–Kier alpha value is -2.70. The Labute approximate surface area is 231 Å². The highest BCUT2D eigenvalue weighted by molar-refractivity contribution is 9.13. The highest BCUT2D eigenvalue weighted by atomic mass is 79.9. The molecule has 0 aliphatic carbocycles. The molecule has 0 unspecified atom stereocenters. The van der Waals surface area contributed by atoms with Crippen molar-refractivity contribution in [2.75, 3.05) is 13.7 Å². The smallest absolute Gasteiger partial charge is 0.419 e. The molecule has 2 amide bonds. The summed E-state index contributed by atoms with van der Waals surface area (Å²) in [6.45, 7) is 5.57. The summed E-state index contributed by atoms with van der Waals surface area (Å²) in [7, 11) is 1.09. The van der Waals surface area contributed by atoms with E-state index in [1.807, 2.05) is 6.07 Å². The first-order valence-electron chi connectivity index (χ1n) is 11.3. The number of hydrogen-bond acceptors (Lipinski definition) is 8. The van der Waals surface area contributed by atoms with E-state index < -0.39 is 53.6 Å². The minimum absolute atomic E-state index is 0.0603. The van der Waals surface area contributed by atoms with Gasteiger partial charge in [0.2, 0.25) is 5.60 Å². The van der Waals surface area contributed by atoms with Gasteiger partial charge in [-0.05, 0) is 71.2 Å². The number of Topliss-reactive ketones (excluding diaryl/α,β-unsaturated/α-hetero) is 1. The van der Waals surface area contributed by atoms with E-state index in [0.29, 0.717) is 14.6 Å². The quantitative estimate of drug-likeness (QED) is 0.355. The van der Waals surface area contributed by atoms with Crippen molar-refractivity contribution in [3.63, 3.8) is 0 Å². The van der Waals surface area contributed by atoms with Gasteiger partial charge in [0.15, 0.2) is 0 Å². The molecule has 1 N–H and O–H groups in total. The topological polar surface area (TPSA) is 124 Å². The van der Waals surface area contributed by atoms with Crippen LogP contribution in [-0.2, 0) is 36.0 Å². The maximum atomic E-state index is 13.2. The van der Waals surface area contributed by atoms with Gasteiger partial charge in [-0.2, -0.15) is 0 Å². The summed E-state index contributed by atoms with van der Waals surface area (Å²) in [5, 5.41) is 11.6. The number of fused-ring (bicyclic) bond motifs is 1. The zero-order valence-electron chi connectivity index (χ0n) is 21.0. The molecular formula is C25H28Br2N2O8.